The molecule has 1 aliphatic heterocycles. The molecule has 1 aromatic rings. The van der Waals surface area contributed by atoms with Crippen LogP contribution in [0.15, 0.2) is 11.3 Å². The number of nitrogens with one attached hydrogen (secondary N) is 1. The number of esters is 1. The topological polar surface area (TPSA) is 184 Å². The second-order valence-corrected chi connectivity index (χ2v) is 8.32. The van der Waals surface area contributed by atoms with Crippen LogP contribution < -0.4 is 16.8 Å². The third-order valence-electron chi connectivity index (χ3n) is 4.97. The molecule has 0 unspecified atom stereocenters. The fourth-order valence-corrected chi connectivity index (χ4v) is 2.86. The first-order valence-electron chi connectivity index (χ1n) is 10.4. The van der Waals surface area contributed by atoms with Gasteiger partial charge in [-0.15, -0.1) is 0 Å². The molecule has 32 heavy (non-hydrogen) atoms. The van der Waals surface area contributed by atoms with Crippen LogP contribution in [0.3, 0.4) is 0 Å². The first-order chi connectivity index (χ1) is 15.0. The average molecular weight is 453 g/mol. The summed E-state index contributed by atoms with van der Waals surface area (Å²) in [5.74, 6) is -1.21. The summed E-state index contributed by atoms with van der Waals surface area (Å²) in [5, 5.41) is 12.2. The Bertz CT molecular complexity index is 865. The Labute approximate surface area is 186 Å². The lowest BCUT2D eigenvalue weighted by Crippen LogP contribution is -2.52. The van der Waals surface area contributed by atoms with E-state index in [1.807, 2.05) is 13.8 Å². The molecular formula is C20H32N6O6. The number of ketones is 1. The van der Waals surface area contributed by atoms with E-state index in [9.17, 15) is 19.5 Å². The number of hydrogen-bond donors (Lipinski definition) is 4. The van der Waals surface area contributed by atoms with Crippen molar-refractivity contribution in [2.24, 2.45) is 28.3 Å². The molecule has 0 aromatic carbocycles. The van der Waals surface area contributed by atoms with Crippen molar-refractivity contribution < 1.29 is 29.0 Å². The number of fused-ring (bicyclic) bond motifs is 1. The predicted octanol–water partition coefficient (Wildman–Crippen LogP) is -0.539. The summed E-state index contributed by atoms with van der Waals surface area (Å²) in [7, 11) is 0. The molecule has 2 heterocycles. The largest absolute Gasteiger partial charge is 0.461 e. The Kier molecular flexibility index (Phi) is 8.87. The van der Waals surface area contributed by atoms with E-state index in [0.717, 1.165) is 0 Å². The highest BCUT2D eigenvalue weighted by atomic mass is 16.6. The number of Topliss-reactive ketones (excluding diaryl/α,β-unsaturated/α-hetero) is 1. The summed E-state index contributed by atoms with van der Waals surface area (Å²) in [6, 6.07) is -1.64. The third-order valence-corrected chi connectivity index (χ3v) is 4.97. The maximum atomic E-state index is 12.5. The summed E-state index contributed by atoms with van der Waals surface area (Å²) in [6.07, 6.45) is 0.544. The van der Waals surface area contributed by atoms with Crippen molar-refractivity contribution in [3.05, 3.63) is 12.0 Å². The number of amides is 1. The van der Waals surface area contributed by atoms with Crippen molar-refractivity contribution in [1.82, 2.24) is 14.9 Å². The van der Waals surface area contributed by atoms with Gasteiger partial charge >= 0.3 is 5.97 Å². The van der Waals surface area contributed by atoms with Crippen LogP contribution in [0.25, 0.3) is 0 Å². The minimum atomic E-state index is -0.893. The van der Waals surface area contributed by atoms with Gasteiger partial charge in [-0.3, -0.25) is 14.2 Å². The summed E-state index contributed by atoms with van der Waals surface area (Å²) >= 11 is 0. The average Bonchev–Trinajstić information content (AvgIpc) is 3.13. The second-order valence-electron chi connectivity index (χ2n) is 8.32. The van der Waals surface area contributed by atoms with E-state index < -0.39 is 36.7 Å². The highest BCUT2D eigenvalue weighted by Gasteiger charge is 2.29. The maximum Gasteiger partial charge on any atom is 0.328 e. The van der Waals surface area contributed by atoms with Gasteiger partial charge < -0.3 is 31.4 Å². The Balaban J connectivity index is 1.93. The minimum Gasteiger partial charge on any atom is -0.461 e. The number of aromatic nitrogens is 2. The Hall–Kier alpha value is -2.83. The highest BCUT2D eigenvalue weighted by molar-refractivity contribution is 6.13. The number of carbonyl (C=O) groups is 3. The van der Waals surface area contributed by atoms with Gasteiger partial charge in [0.05, 0.1) is 25.4 Å². The molecule has 3 atom stereocenters. The molecule has 0 aliphatic carbocycles. The van der Waals surface area contributed by atoms with Crippen LogP contribution in [0.1, 0.15) is 44.6 Å². The van der Waals surface area contributed by atoms with E-state index in [4.69, 9.17) is 20.9 Å². The fraction of sp³-hybridized carbons (Fsp3) is 0.650. The van der Waals surface area contributed by atoms with Crippen LogP contribution >= 0.6 is 0 Å². The summed E-state index contributed by atoms with van der Waals surface area (Å²) in [5.41, 5.74) is 11.7. The van der Waals surface area contributed by atoms with Crippen LogP contribution in [0, 0.1) is 11.8 Å². The molecule has 1 aliphatic rings. The van der Waals surface area contributed by atoms with E-state index in [-0.39, 0.29) is 54.7 Å². The standard InChI is InChI=1S/C20H32N6O6/c1-10(2)15(22)19(29)25-16(11(3)4)20(30)31-7-12(6-27)32-9-26-8-23-17-13(28)5-14(21)24-18(17)26/h8,10-12,15-16,27H,5-7,9,22H2,1-4H3,(H2,21,24)(H,25,29)/t12-,15-,16-/m0/s1. The van der Waals surface area contributed by atoms with Crippen molar-refractivity contribution in [1.29, 1.82) is 0 Å². The van der Waals surface area contributed by atoms with Crippen LogP contribution in [0.2, 0.25) is 0 Å². The lowest BCUT2D eigenvalue weighted by molar-refractivity contribution is -0.155. The van der Waals surface area contributed by atoms with Crippen LogP contribution in [-0.4, -0.2) is 69.6 Å². The zero-order valence-electron chi connectivity index (χ0n) is 18.8. The monoisotopic (exact) mass is 452 g/mol. The van der Waals surface area contributed by atoms with Gasteiger partial charge in [-0.2, -0.15) is 0 Å². The molecule has 2 rings (SSSR count). The zero-order valence-corrected chi connectivity index (χ0v) is 18.8. The van der Waals surface area contributed by atoms with Gasteiger partial charge in [0.1, 0.15) is 31.3 Å². The first kappa shape index (κ1) is 25.4. The van der Waals surface area contributed by atoms with Crippen LogP contribution in [-0.2, 0) is 25.8 Å². The highest BCUT2D eigenvalue weighted by Crippen LogP contribution is 2.24. The molecule has 178 valence electrons. The number of nitrogens with two attached hydrogens (primary N) is 2. The Morgan fingerprint density at radius 1 is 1.28 bits per heavy atom. The Morgan fingerprint density at radius 2 is 1.97 bits per heavy atom. The number of aliphatic hydroxyl groups is 1. The summed E-state index contributed by atoms with van der Waals surface area (Å²) < 4.78 is 12.3. The number of aliphatic hydroxyl groups excluding tert-OH is 1. The molecule has 12 heteroatoms. The SMILES string of the molecule is CC(C)[C@H](N)C(=O)N[C@H](C(=O)OC[C@H](CO)OCn1cnc2c1N=C(N)CC2=O)C(C)C. The molecule has 1 aromatic heterocycles. The number of nitrogens with zero attached hydrogens (tertiary/aromatic N) is 3. The smallest absolute Gasteiger partial charge is 0.328 e. The number of rotatable bonds is 11. The molecular weight excluding hydrogens is 420 g/mol. The molecule has 0 saturated carbocycles. The zero-order chi connectivity index (χ0) is 24.0. The van der Waals surface area contributed by atoms with Gasteiger partial charge in [-0.05, 0) is 11.8 Å². The number of aliphatic imine (C=N–C) groups is 1. The first-order valence-corrected chi connectivity index (χ1v) is 10.4. The van der Waals surface area contributed by atoms with E-state index >= 15 is 0 Å². The van der Waals surface area contributed by atoms with Crippen molar-refractivity contribution in [2.75, 3.05) is 13.2 Å². The number of hydrogen-bond acceptors (Lipinski definition) is 10. The lowest BCUT2D eigenvalue weighted by Gasteiger charge is -2.25. The molecule has 0 radical (unpaired) electrons. The van der Waals surface area contributed by atoms with Crippen LogP contribution in [0.5, 0.6) is 0 Å². The number of carbonyl (C=O) groups excluding carboxylic acids is 3. The molecule has 0 saturated heterocycles. The van der Waals surface area contributed by atoms with Gasteiger partial charge in [0.15, 0.2) is 17.3 Å². The van der Waals surface area contributed by atoms with Crippen molar-refractivity contribution in [2.45, 2.75) is 59.0 Å². The van der Waals surface area contributed by atoms with Gasteiger partial charge in [-0.25, -0.2) is 14.8 Å². The molecule has 1 amide bonds. The minimum absolute atomic E-state index is 0.00964. The third kappa shape index (κ3) is 6.34. The van der Waals surface area contributed by atoms with Gasteiger partial charge in [0, 0.05) is 0 Å². The van der Waals surface area contributed by atoms with Crippen molar-refractivity contribution in [3.8, 4) is 0 Å². The summed E-state index contributed by atoms with van der Waals surface area (Å²) in [6.45, 7) is 6.39. The normalized spacial score (nSPS) is 16.4. The molecule has 0 fully saturated rings. The van der Waals surface area contributed by atoms with E-state index in [1.165, 1.54) is 10.9 Å². The predicted molar refractivity (Wildman–Crippen MR) is 115 cm³/mol. The lowest BCUT2D eigenvalue weighted by atomic mass is 10.0. The maximum absolute atomic E-state index is 12.5. The van der Waals surface area contributed by atoms with Gasteiger partial charge in [0.2, 0.25) is 5.91 Å². The van der Waals surface area contributed by atoms with Crippen molar-refractivity contribution >= 4 is 29.3 Å². The fourth-order valence-electron chi connectivity index (χ4n) is 2.86. The van der Waals surface area contributed by atoms with E-state index in [2.05, 4.69) is 15.3 Å². The number of amidine groups is 1. The molecule has 0 spiro atoms. The summed E-state index contributed by atoms with van der Waals surface area (Å²) in [4.78, 5) is 44.9. The number of ether oxygens (including phenoxy) is 2. The van der Waals surface area contributed by atoms with E-state index in [0.29, 0.717) is 0 Å². The Morgan fingerprint density at radius 3 is 2.56 bits per heavy atom. The van der Waals surface area contributed by atoms with E-state index in [1.54, 1.807) is 13.8 Å². The van der Waals surface area contributed by atoms with Crippen LogP contribution in [0.4, 0.5) is 5.82 Å². The quantitative estimate of drug-likeness (QED) is 0.320. The number of imidazole rings is 1. The second kappa shape index (κ2) is 11.2. The van der Waals surface area contributed by atoms with Gasteiger partial charge in [0.25, 0.3) is 0 Å². The molecule has 0 bridgehead atoms. The molecule has 6 N–H and O–H groups in total. The molecule has 12 nitrogen and oxygen atoms in total. The van der Waals surface area contributed by atoms with Gasteiger partial charge in [-0.1, -0.05) is 27.7 Å². The van der Waals surface area contributed by atoms with Crippen molar-refractivity contribution in [3.63, 3.8) is 0 Å².